The number of imidazole rings is 1. The average molecular weight is 530 g/mol. The fraction of sp³-hybridized carbons (Fsp3) is 0.448. The van der Waals surface area contributed by atoms with Crippen LogP contribution in [0.25, 0.3) is 16.8 Å². The molecule has 0 amide bonds. The second-order valence-corrected chi connectivity index (χ2v) is 10.7. The lowest BCUT2D eigenvalue weighted by atomic mass is 9.63. The Hall–Kier alpha value is -3.20. The molecule has 0 radical (unpaired) electrons. The van der Waals surface area contributed by atoms with Crippen molar-refractivity contribution < 1.29 is 17.6 Å². The summed E-state index contributed by atoms with van der Waals surface area (Å²) in [5.74, 6) is -4.68. The largest absolute Gasteiger partial charge is 0.401 e. The van der Waals surface area contributed by atoms with Gasteiger partial charge >= 0.3 is 0 Å². The SMILES string of the molecule is CN=C(C)/C(CCCc1c(-c2ccc3ncc(CN)n3c2)ccc(F)c1F)=C(\N)C(C)(C)C1CC(F)(F)C1. The van der Waals surface area contributed by atoms with Gasteiger partial charge in [0, 0.05) is 49.5 Å². The van der Waals surface area contributed by atoms with Crippen LogP contribution >= 0.6 is 0 Å². The van der Waals surface area contributed by atoms with Crippen molar-refractivity contribution in [2.24, 2.45) is 27.8 Å². The van der Waals surface area contributed by atoms with Gasteiger partial charge in [-0.05, 0) is 72.6 Å². The van der Waals surface area contributed by atoms with Gasteiger partial charge in [-0.25, -0.2) is 22.5 Å². The summed E-state index contributed by atoms with van der Waals surface area (Å²) in [6.45, 7) is 5.89. The van der Waals surface area contributed by atoms with Gasteiger partial charge in [-0.3, -0.25) is 4.99 Å². The second kappa shape index (κ2) is 10.5. The van der Waals surface area contributed by atoms with Gasteiger partial charge in [-0.15, -0.1) is 0 Å². The van der Waals surface area contributed by atoms with Gasteiger partial charge in [-0.1, -0.05) is 19.9 Å². The highest BCUT2D eigenvalue weighted by atomic mass is 19.3. The zero-order valence-electron chi connectivity index (χ0n) is 22.3. The lowest BCUT2D eigenvalue weighted by Crippen LogP contribution is -2.46. The summed E-state index contributed by atoms with van der Waals surface area (Å²) in [7, 11) is 1.65. The van der Waals surface area contributed by atoms with Crippen LogP contribution in [0, 0.1) is 23.0 Å². The third kappa shape index (κ3) is 5.21. The molecule has 38 heavy (non-hydrogen) atoms. The molecule has 0 bridgehead atoms. The molecule has 1 aliphatic rings. The molecular weight excluding hydrogens is 494 g/mol. The average Bonchev–Trinajstić information content (AvgIpc) is 3.29. The van der Waals surface area contributed by atoms with Gasteiger partial charge in [0.25, 0.3) is 0 Å². The molecule has 204 valence electrons. The number of allylic oxidation sites excluding steroid dienone is 2. The maximum atomic E-state index is 15.1. The number of pyridine rings is 1. The maximum Gasteiger partial charge on any atom is 0.248 e. The fourth-order valence-corrected chi connectivity index (χ4v) is 5.32. The Morgan fingerprint density at radius 2 is 1.89 bits per heavy atom. The highest BCUT2D eigenvalue weighted by molar-refractivity contribution is 5.98. The van der Waals surface area contributed by atoms with E-state index in [1.807, 2.05) is 43.5 Å². The Morgan fingerprint density at radius 1 is 1.18 bits per heavy atom. The number of aliphatic imine (C=N–C) groups is 1. The molecule has 2 heterocycles. The van der Waals surface area contributed by atoms with Crippen molar-refractivity contribution in [2.75, 3.05) is 7.05 Å². The van der Waals surface area contributed by atoms with E-state index < -0.39 is 23.0 Å². The van der Waals surface area contributed by atoms with Crippen molar-refractivity contribution in [1.29, 1.82) is 0 Å². The molecular formula is C29H35F4N5. The van der Waals surface area contributed by atoms with Crippen LogP contribution in [0.3, 0.4) is 0 Å². The van der Waals surface area contributed by atoms with Gasteiger partial charge < -0.3 is 15.9 Å². The lowest BCUT2D eigenvalue weighted by molar-refractivity contribution is -0.135. The first-order valence-corrected chi connectivity index (χ1v) is 12.8. The smallest absolute Gasteiger partial charge is 0.248 e. The lowest BCUT2D eigenvalue weighted by Gasteiger charge is -2.46. The Kier molecular flexibility index (Phi) is 7.70. The molecule has 2 aromatic heterocycles. The van der Waals surface area contributed by atoms with E-state index in [4.69, 9.17) is 11.5 Å². The minimum Gasteiger partial charge on any atom is -0.401 e. The predicted molar refractivity (Wildman–Crippen MR) is 143 cm³/mol. The van der Waals surface area contributed by atoms with E-state index in [0.717, 1.165) is 17.3 Å². The Balaban J connectivity index is 1.63. The first-order valence-electron chi connectivity index (χ1n) is 12.8. The van der Waals surface area contributed by atoms with Crippen LogP contribution in [0.5, 0.6) is 0 Å². The standard InChI is InChI=1S/C29H35F4N5/c1-17(36-4)21(27(35)28(2,3)19-12-29(32,33)13-19)6-5-7-23-22(9-10-24(30)26(23)31)18-8-11-25-37-15-20(14-34)38(25)16-18/h8-11,15-16,19H,5-7,12-14,34-35H2,1-4H3/b27-21-,36-17?. The summed E-state index contributed by atoms with van der Waals surface area (Å²) in [6, 6.07) is 6.35. The van der Waals surface area contributed by atoms with E-state index in [9.17, 15) is 13.2 Å². The highest BCUT2D eigenvalue weighted by Gasteiger charge is 2.52. The number of halogens is 4. The predicted octanol–water partition coefficient (Wildman–Crippen LogP) is 6.44. The van der Waals surface area contributed by atoms with Crippen LogP contribution in [-0.2, 0) is 13.0 Å². The third-order valence-corrected chi connectivity index (χ3v) is 8.05. The van der Waals surface area contributed by atoms with E-state index in [0.29, 0.717) is 47.6 Å². The third-order valence-electron chi connectivity index (χ3n) is 8.05. The molecule has 0 saturated heterocycles. The summed E-state index contributed by atoms with van der Waals surface area (Å²) in [5.41, 5.74) is 16.9. The Morgan fingerprint density at radius 3 is 2.53 bits per heavy atom. The van der Waals surface area contributed by atoms with Crippen LogP contribution in [-0.4, -0.2) is 28.1 Å². The molecule has 1 fully saturated rings. The van der Waals surface area contributed by atoms with Gasteiger partial charge in [0.2, 0.25) is 5.92 Å². The summed E-state index contributed by atoms with van der Waals surface area (Å²) in [4.78, 5) is 8.61. The quantitative estimate of drug-likeness (QED) is 0.247. The highest BCUT2D eigenvalue weighted by Crippen LogP contribution is 2.53. The molecule has 1 aromatic carbocycles. The van der Waals surface area contributed by atoms with Gasteiger partial charge in [0.05, 0.1) is 11.9 Å². The summed E-state index contributed by atoms with van der Waals surface area (Å²) in [5, 5.41) is 0. The van der Waals surface area contributed by atoms with Crippen LogP contribution in [0.4, 0.5) is 17.6 Å². The maximum absolute atomic E-state index is 15.1. The molecule has 0 atom stereocenters. The van der Waals surface area contributed by atoms with E-state index in [-0.39, 0.29) is 30.7 Å². The molecule has 0 aliphatic heterocycles. The number of nitrogens with two attached hydrogens (primary N) is 2. The number of aromatic nitrogens is 2. The zero-order valence-corrected chi connectivity index (χ0v) is 22.3. The molecule has 4 rings (SSSR count). The number of alkyl halides is 2. The van der Waals surface area contributed by atoms with Crippen molar-refractivity contribution in [3.8, 4) is 11.1 Å². The van der Waals surface area contributed by atoms with E-state index >= 15 is 4.39 Å². The van der Waals surface area contributed by atoms with Crippen LogP contribution in [0.15, 0.2) is 52.9 Å². The number of hydrogen-bond donors (Lipinski definition) is 2. The number of hydrogen-bond acceptors (Lipinski definition) is 4. The van der Waals surface area contributed by atoms with Crippen molar-refractivity contribution in [3.63, 3.8) is 0 Å². The monoisotopic (exact) mass is 529 g/mol. The van der Waals surface area contributed by atoms with Crippen LogP contribution in [0.1, 0.15) is 57.7 Å². The van der Waals surface area contributed by atoms with Crippen molar-refractivity contribution in [3.05, 3.63) is 70.8 Å². The molecule has 4 N–H and O–H groups in total. The fourth-order valence-electron chi connectivity index (χ4n) is 5.32. The van der Waals surface area contributed by atoms with Crippen molar-refractivity contribution >= 4 is 11.4 Å². The minimum atomic E-state index is -2.65. The Labute approximate surface area is 220 Å². The molecule has 1 saturated carbocycles. The number of fused-ring (bicyclic) bond motifs is 1. The summed E-state index contributed by atoms with van der Waals surface area (Å²) in [6.07, 6.45) is 4.30. The van der Waals surface area contributed by atoms with Crippen molar-refractivity contribution in [1.82, 2.24) is 9.38 Å². The van der Waals surface area contributed by atoms with Crippen LogP contribution < -0.4 is 11.5 Å². The minimum absolute atomic E-state index is 0.193. The number of rotatable bonds is 9. The molecule has 3 aromatic rings. The summed E-state index contributed by atoms with van der Waals surface area (Å²) < 4.78 is 58.5. The van der Waals surface area contributed by atoms with Crippen LogP contribution in [0.2, 0.25) is 0 Å². The van der Waals surface area contributed by atoms with Gasteiger partial charge in [0.1, 0.15) is 5.65 Å². The first-order chi connectivity index (χ1) is 17.9. The van der Waals surface area contributed by atoms with Gasteiger partial charge in [-0.2, -0.15) is 0 Å². The topological polar surface area (TPSA) is 81.7 Å². The van der Waals surface area contributed by atoms with E-state index in [1.165, 1.54) is 0 Å². The summed E-state index contributed by atoms with van der Waals surface area (Å²) >= 11 is 0. The molecule has 1 aliphatic carbocycles. The molecule has 0 spiro atoms. The number of nitrogens with zero attached hydrogens (tertiary/aromatic N) is 3. The van der Waals surface area contributed by atoms with E-state index in [1.54, 1.807) is 19.3 Å². The number of benzene rings is 1. The molecule has 5 nitrogen and oxygen atoms in total. The second-order valence-electron chi connectivity index (χ2n) is 10.7. The Bertz CT molecular complexity index is 1400. The van der Waals surface area contributed by atoms with Gasteiger partial charge in [0.15, 0.2) is 11.6 Å². The van der Waals surface area contributed by atoms with Crippen molar-refractivity contribution in [2.45, 2.75) is 65.3 Å². The molecule has 0 unspecified atom stereocenters. The first kappa shape index (κ1) is 27.8. The normalized spacial score (nSPS) is 17.0. The zero-order chi connectivity index (χ0) is 27.8. The van der Waals surface area contributed by atoms with E-state index in [2.05, 4.69) is 9.98 Å². The molecule has 9 heteroatoms.